The maximum absolute atomic E-state index is 2.69. The van der Waals surface area contributed by atoms with Gasteiger partial charge in [-0.1, -0.05) is 32.1 Å². The summed E-state index contributed by atoms with van der Waals surface area (Å²) in [5.74, 6) is 0.939. The van der Waals surface area contributed by atoms with E-state index >= 15 is 0 Å². The summed E-state index contributed by atoms with van der Waals surface area (Å²) in [7, 11) is 0. The standard InChI is InChI=1S/C14H23N/c1-3-14(13-6-4-5-7-13)15-10-8-12(2)9-11-15/h4-6,12,14H,3,7-11H2,1-2H3. The smallest absolute Gasteiger partial charge is 0.0311 e. The Morgan fingerprint density at radius 2 is 2.13 bits per heavy atom. The van der Waals surface area contributed by atoms with Crippen LogP contribution in [0.25, 0.3) is 0 Å². The molecule has 15 heavy (non-hydrogen) atoms. The fraction of sp³-hybridized carbons (Fsp3) is 0.714. The fourth-order valence-corrected chi connectivity index (χ4v) is 2.81. The molecule has 1 heteroatoms. The summed E-state index contributed by atoms with van der Waals surface area (Å²) in [6, 6.07) is 0.715. The molecule has 0 radical (unpaired) electrons. The number of nitrogens with zero attached hydrogens (tertiary/aromatic N) is 1. The van der Waals surface area contributed by atoms with Crippen LogP contribution in [0.2, 0.25) is 0 Å². The Bertz CT molecular complexity index is 257. The Kier molecular flexibility index (Phi) is 3.63. The van der Waals surface area contributed by atoms with Crippen molar-refractivity contribution in [3.63, 3.8) is 0 Å². The molecule has 2 aliphatic rings. The van der Waals surface area contributed by atoms with Gasteiger partial charge in [0.25, 0.3) is 0 Å². The molecule has 0 aromatic heterocycles. The van der Waals surface area contributed by atoms with E-state index in [1.54, 1.807) is 5.57 Å². The van der Waals surface area contributed by atoms with E-state index in [0.717, 1.165) is 5.92 Å². The monoisotopic (exact) mass is 205 g/mol. The third-order valence-corrected chi connectivity index (χ3v) is 3.87. The van der Waals surface area contributed by atoms with E-state index in [-0.39, 0.29) is 0 Å². The molecular formula is C14H23N. The summed E-state index contributed by atoms with van der Waals surface area (Å²) in [4.78, 5) is 2.69. The first-order chi connectivity index (χ1) is 7.31. The highest BCUT2D eigenvalue weighted by Crippen LogP contribution is 2.26. The lowest BCUT2D eigenvalue weighted by atomic mass is 9.94. The van der Waals surface area contributed by atoms with Crippen LogP contribution in [0.1, 0.15) is 39.5 Å². The van der Waals surface area contributed by atoms with Gasteiger partial charge in [0, 0.05) is 6.04 Å². The molecule has 84 valence electrons. The Morgan fingerprint density at radius 3 is 2.67 bits per heavy atom. The molecule has 1 nitrogen and oxygen atoms in total. The van der Waals surface area contributed by atoms with Crippen LogP contribution >= 0.6 is 0 Å². The Morgan fingerprint density at radius 1 is 1.40 bits per heavy atom. The van der Waals surface area contributed by atoms with Gasteiger partial charge in [-0.15, -0.1) is 0 Å². The first-order valence-corrected chi connectivity index (χ1v) is 6.41. The van der Waals surface area contributed by atoms with Gasteiger partial charge in [0.15, 0.2) is 0 Å². The van der Waals surface area contributed by atoms with E-state index in [1.807, 2.05) is 0 Å². The predicted octanol–water partition coefficient (Wildman–Crippen LogP) is 3.38. The van der Waals surface area contributed by atoms with E-state index in [9.17, 15) is 0 Å². The van der Waals surface area contributed by atoms with Crippen molar-refractivity contribution < 1.29 is 0 Å². The average molecular weight is 205 g/mol. The number of rotatable bonds is 3. The molecule has 0 aromatic carbocycles. The molecule has 1 aliphatic heterocycles. The lowest BCUT2D eigenvalue weighted by Crippen LogP contribution is -2.41. The van der Waals surface area contributed by atoms with Crippen LogP contribution < -0.4 is 0 Å². The van der Waals surface area contributed by atoms with Crippen molar-refractivity contribution in [3.05, 3.63) is 23.8 Å². The second-order valence-electron chi connectivity index (χ2n) is 5.02. The van der Waals surface area contributed by atoms with Crippen LogP contribution in [-0.4, -0.2) is 24.0 Å². The van der Waals surface area contributed by atoms with E-state index < -0.39 is 0 Å². The van der Waals surface area contributed by atoms with Gasteiger partial charge < -0.3 is 0 Å². The van der Waals surface area contributed by atoms with Gasteiger partial charge in [-0.3, -0.25) is 4.90 Å². The van der Waals surface area contributed by atoms with Crippen molar-refractivity contribution in [2.45, 2.75) is 45.6 Å². The number of hydrogen-bond acceptors (Lipinski definition) is 1. The van der Waals surface area contributed by atoms with Crippen molar-refractivity contribution in [1.29, 1.82) is 0 Å². The Labute approximate surface area is 93.9 Å². The topological polar surface area (TPSA) is 3.24 Å². The molecule has 2 rings (SSSR count). The minimum absolute atomic E-state index is 0.715. The zero-order valence-corrected chi connectivity index (χ0v) is 10.1. The first-order valence-electron chi connectivity index (χ1n) is 6.41. The molecule has 0 spiro atoms. The molecular weight excluding hydrogens is 182 g/mol. The summed E-state index contributed by atoms with van der Waals surface area (Å²) in [6.07, 6.45) is 12.0. The number of piperidine rings is 1. The highest BCUT2D eigenvalue weighted by Gasteiger charge is 2.24. The minimum Gasteiger partial charge on any atom is -0.297 e. The van der Waals surface area contributed by atoms with Crippen LogP contribution in [0.5, 0.6) is 0 Å². The van der Waals surface area contributed by atoms with E-state index in [1.165, 1.54) is 38.8 Å². The number of likely N-dealkylation sites (tertiary alicyclic amines) is 1. The highest BCUT2D eigenvalue weighted by atomic mass is 15.2. The molecule has 0 N–H and O–H groups in total. The van der Waals surface area contributed by atoms with Gasteiger partial charge in [-0.05, 0) is 50.3 Å². The SMILES string of the molecule is CCC(C1=CC=CC1)N1CCC(C)CC1. The first kappa shape index (κ1) is 10.9. The van der Waals surface area contributed by atoms with Crippen LogP contribution in [0.3, 0.4) is 0 Å². The second-order valence-corrected chi connectivity index (χ2v) is 5.02. The highest BCUT2D eigenvalue weighted by molar-refractivity contribution is 5.27. The molecule has 1 heterocycles. The minimum atomic E-state index is 0.715. The van der Waals surface area contributed by atoms with Crippen molar-refractivity contribution in [1.82, 2.24) is 4.90 Å². The van der Waals surface area contributed by atoms with Crippen LogP contribution in [-0.2, 0) is 0 Å². The van der Waals surface area contributed by atoms with Gasteiger partial charge in [0.05, 0.1) is 0 Å². The summed E-state index contributed by atoms with van der Waals surface area (Å²) in [5, 5.41) is 0. The zero-order chi connectivity index (χ0) is 10.7. The third kappa shape index (κ3) is 2.52. The summed E-state index contributed by atoms with van der Waals surface area (Å²) in [6.45, 7) is 7.31. The van der Waals surface area contributed by atoms with E-state index in [4.69, 9.17) is 0 Å². The molecule has 1 atom stereocenters. The molecule has 0 aromatic rings. The lowest BCUT2D eigenvalue weighted by molar-refractivity contribution is 0.151. The number of allylic oxidation sites excluding steroid dienone is 3. The quantitative estimate of drug-likeness (QED) is 0.682. The van der Waals surface area contributed by atoms with E-state index in [0.29, 0.717) is 6.04 Å². The molecule has 1 aliphatic carbocycles. The summed E-state index contributed by atoms with van der Waals surface area (Å²) >= 11 is 0. The van der Waals surface area contributed by atoms with Gasteiger partial charge in [0.1, 0.15) is 0 Å². The third-order valence-electron chi connectivity index (χ3n) is 3.87. The maximum Gasteiger partial charge on any atom is 0.0311 e. The maximum atomic E-state index is 2.69. The molecule has 0 bridgehead atoms. The average Bonchev–Trinajstić information content (AvgIpc) is 2.75. The van der Waals surface area contributed by atoms with Crippen LogP contribution in [0.15, 0.2) is 23.8 Å². The molecule has 0 saturated carbocycles. The van der Waals surface area contributed by atoms with Gasteiger partial charge in [0.2, 0.25) is 0 Å². The van der Waals surface area contributed by atoms with Gasteiger partial charge >= 0.3 is 0 Å². The second kappa shape index (κ2) is 4.98. The lowest BCUT2D eigenvalue weighted by Gasteiger charge is -2.37. The summed E-state index contributed by atoms with van der Waals surface area (Å²) in [5.41, 5.74) is 1.63. The number of hydrogen-bond donors (Lipinski definition) is 0. The normalized spacial score (nSPS) is 25.6. The van der Waals surface area contributed by atoms with Crippen molar-refractivity contribution in [2.75, 3.05) is 13.1 Å². The Hall–Kier alpha value is -0.560. The summed E-state index contributed by atoms with van der Waals surface area (Å²) < 4.78 is 0. The van der Waals surface area contributed by atoms with Gasteiger partial charge in [-0.25, -0.2) is 0 Å². The van der Waals surface area contributed by atoms with Crippen molar-refractivity contribution >= 4 is 0 Å². The molecule has 0 amide bonds. The largest absolute Gasteiger partial charge is 0.297 e. The Balaban J connectivity index is 1.95. The molecule has 1 saturated heterocycles. The van der Waals surface area contributed by atoms with Crippen LogP contribution in [0.4, 0.5) is 0 Å². The zero-order valence-electron chi connectivity index (χ0n) is 10.1. The molecule has 1 fully saturated rings. The predicted molar refractivity (Wildman–Crippen MR) is 65.9 cm³/mol. The van der Waals surface area contributed by atoms with Crippen molar-refractivity contribution in [2.24, 2.45) is 5.92 Å². The fourth-order valence-electron chi connectivity index (χ4n) is 2.81. The van der Waals surface area contributed by atoms with Gasteiger partial charge in [-0.2, -0.15) is 0 Å². The van der Waals surface area contributed by atoms with Crippen LogP contribution in [0, 0.1) is 5.92 Å². The molecule has 1 unspecified atom stereocenters. The van der Waals surface area contributed by atoms with Crippen molar-refractivity contribution in [3.8, 4) is 0 Å². The van der Waals surface area contributed by atoms with E-state index in [2.05, 4.69) is 37.0 Å².